The third kappa shape index (κ3) is 6.28. The molecule has 2 aromatic carbocycles. The van der Waals surface area contributed by atoms with Gasteiger partial charge in [-0.3, -0.25) is 14.4 Å². The van der Waals surface area contributed by atoms with E-state index in [1.165, 1.54) is 12.1 Å². The fourth-order valence-electron chi connectivity index (χ4n) is 5.67. The first kappa shape index (κ1) is 29.5. The van der Waals surface area contributed by atoms with E-state index in [1.807, 2.05) is 24.3 Å². The second-order valence-corrected chi connectivity index (χ2v) is 11.4. The highest BCUT2D eigenvalue weighted by Crippen LogP contribution is 2.49. The maximum atomic E-state index is 13.9. The number of benzene rings is 2. The summed E-state index contributed by atoms with van der Waals surface area (Å²) in [6.07, 6.45) is 1.24. The molecule has 3 atom stereocenters. The van der Waals surface area contributed by atoms with Gasteiger partial charge in [0, 0.05) is 32.6 Å². The fraction of sp³-hybridized carbons (Fsp3) is 0.500. The standard InChI is InChI=1S/C30H39FN4O5/c1-29(2,32)27(37)33-25(18-40-17-20-6-12-23(39-4)13-7-20)26(36)35-15-5-14-30(19-35)24(16-34(3)28(30)38)21-8-10-22(31)11-9-21/h6-13,24-25H,5,14-19,32H2,1-4H3,(H,33,37). The molecule has 216 valence electrons. The normalized spacial score (nSPS) is 21.9. The topological polar surface area (TPSA) is 114 Å². The minimum absolute atomic E-state index is 0.0289. The number of piperidine rings is 1. The summed E-state index contributed by atoms with van der Waals surface area (Å²) < 4.78 is 24.7. The number of likely N-dealkylation sites (tertiary alicyclic amines) is 2. The van der Waals surface area contributed by atoms with E-state index in [1.54, 1.807) is 49.9 Å². The van der Waals surface area contributed by atoms with Crippen molar-refractivity contribution in [2.24, 2.45) is 11.1 Å². The van der Waals surface area contributed by atoms with Crippen LogP contribution in [-0.4, -0.2) is 79.5 Å². The molecule has 0 radical (unpaired) electrons. The second-order valence-electron chi connectivity index (χ2n) is 11.4. The SMILES string of the molecule is COc1ccc(COCC(NC(=O)C(C)(C)N)C(=O)N2CCCC3(C2)C(=O)N(C)CC3c2ccc(F)cc2)cc1. The van der Waals surface area contributed by atoms with Crippen molar-refractivity contribution in [3.05, 3.63) is 65.5 Å². The Morgan fingerprint density at radius 2 is 1.85 bits per heavy atom. The van der Waals surface area contributed by atoms with E-state index < -0.39 is 22.9 Å². The number of amides is 3. The van der Waals surface area contributed by atoms with E-state index in [4.69, 9.17) is 15.2 Å². The molecule has 2 aromatic rings. The number of ether oxygens (including phenoxy) is 2. The van der Waals surface area contributed by atoms with E-state index in [2.05, 4.69) is 5.32 Å². The van der Waals surface area contributed by atoms with Gasteiger partial charge in [0.1, 0.15) is 17.6 Å². The van der Waals surface area contributed by atoms with Crippen molar-refractivity contribution in [2.75, 3.05) is 40.4 Å². The molecule has 3 N–H and O–H groups in total. The molecule has 2 heterocycles. The van der Waals surface area contributed by atoms with Gasteiger partial charge in [0.05, 0.1) is 31.3 Å². The molecule has 0 saturated carbocycles. The quantitative estimate of drug-likeness (QED) is 0.492. The van der Waals surface area contributed by atoms with Crippen molar-refractivity contribution in [1.29, 1.82) is 0 Å². The molecule has 0 aromatic heterocycles. The third-order valence-corrected chi connectivity index (χ3v) is 7.91. The lowest BCUT2D eigenvalue weighted by Gasteiger charge is -2.43. The van der Waals surface area contributed by atoms with Crippen molar-refractivity contribution < 1.29 is 28.2 Å². The highest BCUT2D eigenvalue weighted by atomic mass is 19.1. The Labute approximate surface area is 234 Å². The van der Waals surface area contributed by atoms with E-state index >= 15 is 0 Å². The largest absolute Gasteiger partial charge is 0.497 e. The van der Waals surface area contributed by atoms with Crippen LogP contribution in [0.3, 0.4) is 0 Å². The minimum atomic E-state index is -1.20. The lowest BCUT2D eigenvalue weighted by atomic mass is 9.69. The van der Waals surface area contributed by atoms with Crippen LogP contribution in [0, 0.1) is 11.2 Å². The van der Waals surface area contributed by atoms with Gasteiger partial charge in [0.2, 0.25) is 17.7 Å². The number of carbonyl (C=O) groups excluding carboxylic acids is 3. The molecule has 2 aliphatic rings. The number of nitrogens with two attached hydrogens (primary N) is 1. The first-order valence-corrected chi connectivity index (χ1v) is 13.5. The van der Waals surface area contributed by atoms with Crippen molar-refractivity contribution in [2.45, 2.75) is 50.8 Å². The highest BCUT2D eigenvalue weighted by Gasteiger charge is 2.56. The van der Waals surface area contributed by atoms with Crippen LogP contribution in [0.5, 0.6) is 5.75 Å². The Morgan fingerprint density at radius 1 is 1.18 bits per heavy atom. The van der Waals surface area contributed by atoms with Crippen LogP contribution in [0.4, 0.5) is 4.39 Å². The summed E-state index contributed by atoms with van der Waals surface area (Å²) in [6.45, 7) is 4.44. The van der Waals surface area contributed by atoms with E-state index in [0.717, 1.165) is 16.9 Å². The number of hydrogen-bond donors (Lipinski definition) is 2. The van der Waals surface area contributed by atoms with Gasteiger partial charge in [-0.25, -0.2) is 4.39 Å². The zero-order chi connectivity index (χ0) is 29.1. The molecule has 0 bridgehead atoms. The molecule has 9 nitrogen and oxygen atoms in total. The zero-order valence-corrected chi connectivity index (χ0v) is 23.6. The lowest BCUT2D eigenvalue weighted by molar-refractivity contribution is -0.147. The third-order valence-electron chi connectivity index (χ3n) is 7.91. The van der Waals surface area contributed by atoms with Crippen LogP contribution >= 0.6 is 0 Å². The van der Waals surface area contributed by atoms with Crippen molar-refractivity contribution in [3.8, 4) is 5.75 Å². The Hall–Kier alpha value is -3.50. The molecule has 2 aliphatic heterocycles. The molecule has 4 rings (SSSR count). The van der Waals surface area contributed by atoms with Crippen molar-refractivity contribution in [3.63, 3.8) is 0 Å². The average molecular weight is 555 g/mol. The number of nitrogens with zero attached hydrogens (tertiary/aromatic N) is 2. The Morgan fingerprint density at radius 3 is 2.48 bits per heavy atom. The molecular formula is C30H39FN4O5. The number of methoxy groups -OCH3 is 1. The van der Waals surface area contributed by atoms with E-state index in [-0.39, 0.29) is 43.3 Å². The number of nitrogens with one attached hydrogen (secondary N) is 1. The smallest absolute Gasteiger partial charge is 0.247 e. The summed E-state index contributed by atoms with van der Waals surface area (Å²) in [5.74, 6) is -0.647. The zero-order valence-electron chi connectivity index (χ0n) is 23.6. The number of likely N-dealkylation sites (N-methyl/N-ethyl adjacent to an activating group) is 1. The maximum Gasteiger partial charge on any atom is 0.247 e. The lowest BCUT2D eigenvalue weighted by Crippen LogP contribution is -2.60. The highest BCUT2D eigenvalue weighted by molar-refractivity contribution is 5.92. The van der Waals surface area contributed by atoms with Crippen molar-refractivity contribution in [1.82, 2.24) is 15.1 Å². The van der Waals surface area contributed by atoms with Gasteiger partial charge in [0.25, 0.3) is 0 Å². The molecule has 10 heteroatoms. The maximum absolute atomic E-state index is 13.9. The van der Waals surface area contributed by atoms with Crippen LogP contribution in [0.15, 0.2) is 48.5 Å². The van der Waals surface area contributed by atoms with Gasteiger partial charge in [-0.2, -0.15) is 0 Å². The molecule has 40 heavy (non-hydrogen) atoms. The summed E-state index contributed by atoms with van der Waals surface area (Å²) in [6, 6.07) is 12.6. The van der Waals surface area contributed by atoms with Crippen LogP contribution in [-0.2, 0) is 25.7 Å². The van der Waals surface area contributed by atoms with Crippen LogP contribution in [0.1, 0.15) is 43.7 Å². The van der Waals surface area contributed by atoms with Crippen LogP contribution in [0.2, 0.25) is 0 Å². The molecule has 3 unspecified atom stereocenters. The summed E-state index contributed by atoms with van der Waals surface area (Å²) in [5, 5.41) is 2.77. The van der Waals surface area contributed by atoms with Gasteiger partial charge in [-0.1, -0.05) is 24.3 Å². The molecule has 2 fully saturated rings. The fourth-order valence-corrected chi connectivity index (χ4v) is 5.67. The molecule has 3 amide bonds. The first-order chi connectivity index (χ1) is 18.9. The first-order valence-electron chi connectivity index (χ1n) is 13.5. The van der Waals surface area contributed by atoms with E-state index in [9.17, 15) is 18.8 Å². The Bertz CT molecular complexity index is 1210. The second kappa shape index (κ2) is 11.9. The molecular weight excluding hydrogens is 515 g/mol. The van der Waals surface area contributed by atoms with Crippen molar-refractivity contribution >= 4 is 17.7 Å². The summed E-state index contributed by atoms with van der Waals surface area (Å²) >= 11 is 0. The summed E-state index contributed by atoms with van der Waals surface area (Å²) in [5.41, 5.74) is 5.73. The Balaban J connectivity index is 1.53. The number of halogens is 1. The average Bonchev–Trinajstić information content (AvgIpc) is 3.17. The predicted octanol–water partition coefficient (Wildman–Crippen LogP) is 2.44. The monoisotopic (exact) mass is 554 g/mol. The molecule has 2 saturated heterocycles. The van der Waals surface area contributed by atoms with Gasteiger partial charge >= 0.3 is 0 Å². The molecule has 1 spiro atoms. The predicted molar refractivity (Wildman–Crippen MR) is 148 cm³/mol. The van der Waals surface area contributed by atoms with Gasteiger partial charge in [-0.15, -0.1) is 0 Å². The number of carbonyl (C=O) groups is 3. The summed E-state index contributed by atoms with van der Waals surface area (Å²) in [4.78, 5) is 43.6. The van der Waals surface area contributed by atoms with Gasteiger partial charge < -0.3 is 30.3 Å². The van der Waals surface area contributed by atoms with Crippen LogP contribution in [0.25, 0.3) is 0 Å². The summed E-state index contributed by atoms with van der Waals surface area (Å²) in [7, 11) is 3.35. The van der Waals surface area contributed by atoms with Gasteiger partial charge in [-0.05, 0) is 62.1 Å². The number of hydrogen-bond acceptors (Lipinski definition) is 6. The minimum Gasteiger partial charge on any atom is -0.497 e. The van der Waals surface area contributed by atoms with Crippen LogP contribution < -0.4 is 15.8 Å². The van der Waals surface area contributed by atoms with Gasteiger partial charge in [0.15, 0.2) is 0 Å². The number of rotatable bonds is 9. The van der Waals surface area contributed by atoms with E-state index in [0.29, 0.717) is 25.9 Å². The molecule has 0 aliphatic carbocycles. The Kier molecular flexibility index (Phi) is 8.80.